The van der Waals surface area contributed by atoms with Crippen molar-refractivity contribution in [1.29, 1.82) is 0 Å². The molecule has 2 aliphatic rings. The summed E-state index contributed by atoms with van der Waals surface area (Å²) < 4.78 is 5.77. The third-order valence-corrected chi connectivity index (χ3v) is 5.97. The Morgan fingerprint density at radius 1 is 1.17 bits per heavy atom. The number of hydrogen-bond donors (Lipinski definition) is 1. The van der Waals surface area contributed by atoms with Crippen LogP contribution in [0.2, 0.25) is 0 Å². The lowest BCUT2D eigenvalue weighted by Gasteiger charge is -2.27. The molecule has 116 valence electrons. The first kappa shape index (κ1) is 13.3. The maximum atomic E-state index is 5.77. The number of hydrogen-bond acceptors (Lipinski definition) is 5. The van der Waals surface area contributed by atoms with Crippen molar-refractivity contribution in [3.8, 4) is 5.75 Å². The molecule has 1 aliphatic heterocycles. The highest BCUT2D eigenvalue weighted by molar-refractivity contribution is 7.19. The molecule has 1 aromatic carbocycles. The van der Waals surface area contributed by atoms with Crippen molar-refractivity contribution in [1.82, 2.24) is 9.97 Å². The Bertz CT molecular complexity index is 889. The molecule has 23 heavy (non-hydrogen) atoms. The fourth-order valence-corrected chi connectivity index (χ4v) is 4.92. The molecule has 1 aliphatic carbocycles. The number of anilines is 1. The Labute approximate surface area is 138 Å². The average Bonchev–Trinajstić information content (AvgIpc) is 3.16. The molecule has 0 saturated heterocycles. The fraction of sp³-hybridized carbons (Fsp3) is 0.333. The Kier molecular flexibility index (Phi) is 3.01. The molecule has 3 heterocycles. The molecular weight excluding hydrogens is 306 g/mol. The van der Waals surface area contributed by atoms with Crippen molar-refractivity contribution in [2.45, 2.75) is 31.7 Å². The first-order valence-electron chi connectivity index (χ1n) is 8.13. The number of fused-ring (bicyclic) bond motifs is 4. The van der Waals surface area contributed by atoms with E-state index >= 15 is 0 Å². The standard InChI is InChI=1S/C18H17N3OS/c1-2-6-14-11(4-1)13(8-9-22-14)21-17-16-12-5-3-7-15(12)23-18(16)20-10-19-17/h1-2,4,6,10,13H,3,5,7-9H2,(H,19,20,21). The SMILES string of the molecule is c1ccc2c(c1)OCCC2Nc1ncnc2sc3c(c12)CCC3. The van der Waals surface area contributed by atoms with Gasteiger partial charge in [0.25, 0.3) is 0 Å². The monoisotopic (exact) mass is 323 g/mol. The van der Waals surface area contributed by atoms with Crippen LogP contribution >= 0.6 is 11.3 Å². The van der Waals surface area contributed by atoms with Gasteiger partial charge in [-0.2, -0.15) is 0 Å². The number of benzene rings is 1. The predicted molar refractivity (Wildman–Crippen MR) is 92.4 cm³/mol. The lowest BCUT2D eigenvalue weighted by atomic mass is 10.0. The van der Waals surface area contributed by atoms with Crippen LogP contribution in [-0.2, 0) is 12.8 Å². The summed E-state index contributed by atoms with van der Waals surface area (Å²) >= 11 is 1.83. The quantitative estimate of drug-likeness (QED) is 0.771. The summed E-state index contributed by atoms with van der Waals surface area (Å²) in [4.78, 5) is 11.7. The molecule has 0 radical (unpaired) electrons. The second-order valence-electron chi connectivity index (χ2n) is 6.13. The second kappa shape index (κ2) is 5.20. The zero-order valence-electron chi connectivity index (χ0n) is 12.7. The normalized spacial score (nSPS) is 19.2. The molecule has 1 N–H and O–H groups in total. The van der Waals surface area contributed by atoms with Crippen LogP contribution in [0.5, 0.6) is 5.75 Å². The molecule has 3 aromatic rings. The van der Waals surface area contributed by atoms with Gasteiger partial charge >= 0.3 is 0 Å². The van der Waals surface area contributed by atoms with E-state index in [0.29, 0.717) is 0 Å². The van der Waals surface area contributed by atoms with Crippen LogP contribution in [0.25, 0.3) is 10.2 Å². The zero-order valence-corrected chi connectivity index (χ0v) is 13.5. The second-order valence-corrected chi connectivity index (χ2v) is 7.22. The Hall–Kier alpha value is -2.14. The molecule has 5 rings (SSSR count). The maximum Gasteiger partial charge on any atom is 0.138 e. The van der Waals surface area contributed by atoms with Gasteiger partial charge in [-0.15, -0.1) is 11.3 Å². The number of nitrogens with one attached hydrogen (secondary N) is 1. The first-order chi connectivity index (χ1) is 11.4. The zero-order chi connectivity index (χ0) is 15.2. The molecule has 4 nitrogen and oxygen atoms in total. The van der Waals surface area contributed by atoms with Crippen LogP contribution in [0.4, 0.5) is 5.82 Å². The van der Waals surface area contributed by atoms with Crippen molar-refractivity contribution in [3.05, 3.63) is 46.6 Å². The van der Waals surface area contributed by atoms with Gasteiger partial charge in [-0.25, -0.2) is 9.97 Å². The molecule has 0 fully saturated rings. The van der Waals surface area contributed by atoms with Gasteiger partial charge in [0.05, 0.1) is 18.0 Å². The molecule has 0 amide bonds. The first-order valence-corrected chi connectivity index (χ1v) is 8.95. The van der Waals surface area contributed by atoms with Gasteiger partial charge in [-0.3, -0.25) is 0 Å². The van der Waals surface area contributed by atoms with Crippen LogP contribution in [0.3, 0.4) is 0 Å². The third kappa shape index (κ3) is 2.10. The molecular formula is C18H17N3OS. The molecule has 0 spiro atoms. The third-order valence-electron chi connectivity index (χ3n) is 4.77. The van der Waals surface area contributed by atoms with Crippen molar-refractivity contribution in [3.63, 3.8) is 0 Å². The fourth-order valence-electron chi connectivity index (χ4n) is 3.70. The topological polar surface area (TPSA) is 47.0 Å². The minimum Gasteiger partial charge on any atom is -0.493 e. The van der Waals surface area contributed by atoms with Crippen LogP contribution in [-0.4, -0.2) is 16.6 Å². The van der Waals surface area contributed by atoms with E-state index in [1.54, 1.807) is 6.33 Å². The molecule has 0 bridgehead atoms. The lowest BCUT2D eigenvalue weighted by molar-refractivity contribution is 0.274. The molecule has 0 saturated carbocycles. The number of thiophene rings is 1. The highest BCUT2D eigenvalue weighted by Gasteiger charge is 2.25. The van der Waals surface area contributed by atoms with Crippen molar-refractivity contribution >= 4 is 27.4 Å². The lowest BCUT2D eigenvalue weighted by Crippen LogP contribution is -2.21. The van der Waals surface area contributed by atoms with Gasteiger partial charge in [-0.1, -0.05) is 18.2 Å². The van der Waals surface area contributed by atoms with Crippen LogP contribution in [0.15, 0.2) is 30.6 Å². The smallest absolute Gasteiger partial charge is 0.138 e. The summed E-state index contributed by atoms with van der Waals surface area (Å²) in [5.74, 6) is 1.97. The number of nitrogens with zero attached hydrogens (tertiary/aromatic N) is 2. The van der Waals surface area contributed by atoms with Gasteiger partial charge < -0.3 is 10.1 Å². The van der Waals surface area contributed by atoms with Crippen LogP contribution in [0.1, 0.15) is 34.9 Å². The van der Waals surface area contributed by atoms with Gasteiger partial charge in [0.15, 0.2) is 0 Å². The van der Waals surface area contributed by atoms with Gasteiger partial charge in [-0.05, 0) is 30.9 Å². The highest BCUT2D eigenvalue weighted by Crippen LogP contribution is 2.41. The molecule has 5 heteroatoms. The average molecular weight is 323 g/mol. The van der Waals surface area contributed by atoms with E-state index < -0.39 is 0 Å². The minimum atomic E-state index is 0.245. The van der Waals surface area contributed by atoms with E-state index in [1.165, 1.54) is 34.2 Å². The largest absolute Gasteiger partial charge is 0.493 e. The number of para-hydroxylation sites is 1. The van der Waals surface area contributed by atoms with Crippen molar-refractivity contribution in [2.75, 3.05) is 11.9 Å². The summed E-state index contributed by atoms with van der Waals surface area (Å²) in [5.41, 5.74) is 2.69. The number of rotatable bonds is 2. The predicted octanol–water partition coefficient (Wildman–Crippen LogP) is 4.12. The van der Waals surface area contributed by atoms with E-state index in [2.05, 4.69) is 27.4 Å². The summed E-state index contributed by atoms with van der Waals surface area (Å²) in [7, 11) is 0. The summed E-state index contributed by atoms with van der Waals surface area (Å²) in [6.07, 6.45) is 6.24. The number of aromatic nitrogens is 2. The van der Waals surface area contributed by atoms with E-state index in [9.17, 15) is 0 Å². The van der Waals surface area contributed by atoms with Crippen molar-refractivity contribution in [2.24, 2.45) is 0 Å². The maximum absolute atomic E-state index is 5.77. The summed E-state index contributed by atoms with van der Waals surface area (Å²) in [6.45, 7) is 0.741. The van der Waals surface area contributed by atoms with E-state index in [-0.39, 0.29) is 6.04 Å². The van der Waals surface area contributed by atoms with Crippen LogP contribution in [0, 0.1) is 0 Å². The van der Waals surface area contributed by atoms with Crippen LogP contribution < -0.4 is 10.1 Å². The van der Waals surface area contributed by atoms with Gasteiger partial charge in [0, 0.05) is 16.9 Å². The number of ether oxygens (including phenoxy) is 1. The highest BCUT2D eigenvalue weighted by atomic mass is 32.1. The Morgan fingerprint density at radius 3 is 3.13 bits per heavy atom. The van der Waals surface area contributed by atoms with E-state index in [1.807, 2.05) is 23.5 Å². The number of aryl methyl sites for hydroxylation is 2. The van der Waals surface area contributed by atoms with Gasteiger partial charge in [0.1, 0.15) is 22.7 Å². The molecule has 2 aromatic heterocycles. The van der Waals surface area contributed by atoms with E-state index in [0.717, 1.165) is 35.8 Å². The van der Waals surface area contributed by atoms with Gasteiger partial charge in [0.2, 0.25) is 0 Å². The summed E-state index contributed by atoms with van der Waals surface area (Å²) in [5, 5.41) is 4.92. The molecule has 1 unspecified atom stereocenters. The minimum absolute atomic E-state index is 0.245. The van der Waals surface area contributed by atoms with Crippen molar-refractivity contribution < 1.29 is 4.74 Å². The molecule has 1 atom stereocenters. The van der Waals surface area contributed by atoms with E-state index in [4.69, 9.17) is 4.74 Å². The summed E-state index contributed by atoms with van der Waals surface area (Å²) in [6, 6.07) is 8.52. The Morgan fingerprint density at radius 2 is 2.13 bits per heavy atom. The Balaban J connectivity index is 1.58.